The van der Waals surface area contributed by atoms with Gasteiger partial charge in [0.2, 0.25) is 0 Å². The molecule has 4 rings (SSSR count). The minimum atomic E-state index is 0.0606. The van der Waals surface area contributed by atoms with Gasteiger partial charge in [-0.15, -0.1) is 0 Å². The number of rotatable bonds is 5. The highest BCUT2D eigenvalue weighted by Crippen LogP contribution is 2.30. The first-order valence-electron chi connectivity index (χ1n) is 7.98. The van der Waals surface area contributed by atoms with Crippen molar-refractivity contribution in [3.8, 4) is 11.3 Å². The molecule has 1 fully saturated rings. The maximum absolute atomic E-state index is 12.9. The lowest BCUT2D eigenvalue weighted by Crippen LogP contribution is -2.32. The summed E-state index contributed by atoms with van der Waals surface area (Å²) in [5, 5.41) is 4.18. The molecule has 24 heavy (non-hydrogen) atoms. The summed E-state index contributed by atoms with van der Waals surface area (Å²) in [6.45, 7) is 0.598. The average molecular weight is 322 g/mol. The molecule has 122 valence electrons. The van der Waals surface area contributed by atoms with Gasteiger partial charge in [-0.3, -0.25) is 9.48 Å². The Morgan fingerprint density at radius 2 is 2.08 bits per heavy atom. The molecule has 2 heterocycles. The second kappa shape index (κ2) is 5.96. The molecule has 6 nitrogen and oxygen atoms in total. The van der Waals surface area contributed by atoms with E-state index in [0.717, 1.165) is 24.0 Å². The second-order valence-corrected chi connectivity index (χ2v) is 6.13. The molecular formula is C18H18N4O2. The Hall–Kier alpha value is -2.89. The summed E-state index contributed by atoms with van der Waals surface area (Å²) in [5.41, 5.74) is 2.65. The minimum absolute atomic E-state index is 0.0606. The van der Waals surface area contributed by atoms with Crippen LogP contribution < -0.4 is 0 Å². The van der Waals surface area contributed by atoms with E-state index in [-0.39, 0.29) is 5.91 Å². The van der Waals surface area contributed by atoms with Gasteiger partial charge in [-0.05, 0) is 25.0 Å². The number of hydrogen-bond acceptors (Lipinski definition) is 4. The molecule has 0 bridgehead atoms. The Balaban J connectivity index is 1.54. The van der Waals surface area contributed by atoms with Crippen molar-refractivity contribution >= 4 is 5.91 Å². The van der Waals surface area contributed by atoms with Gasteiger partial charge in [-0.2, -0.15) is 5.10 Å². The number of benzene rings is 1. The van der Waals surface area contributed by atoms with E-state index in [1.807, 2.05) is 48.6 Å². The van der Waals surface area contributed by atoms with Crippen LogP contribution in [-0.4, -0.2) is 31.6 Å². The Morgan fingerprint density at radius 1 is 1.29 bits per heavy atom. The van der Waals surface area contributed by atoms with Gasteiger partial charge in [0.05, 0.1) is 12.4 Å². The van der Waals surface area contributed by atoms with Gasteiger partial charge in [-0.25, -0.2) is 4.98 Å². The predicted molar refractivity (Wildman–Crippen MR) is 88.0 cm³/mol. The third kappa shape index (κ3) is 2.95. The number of carbonyl (C=O) groups is 1. The van der Waals surface area contributed by atoms with Crippen molar-refractivity contribution in [1.82, 2.24) is 19.7 Å². The second-order valence-electron chi connectivity index (χ2n) is 6.13. The first-order chi connectivity index (χ1) is 11.7. The van der Waals surface area contributed by atoms with Crippen molar-refractivity contribution in [3.05, 3.63) is 60.4 Å². The molecule has 3 aromatic rings. The van der Waals surface area contributed by atoms with Crippen LogP contribution >= 0.6 is 0 Å². The van der Waals surface area contributed by atoms with Crippen molar-refractivity contribution in [2.24, 2.45) is 7.05 Å². The third-order valence-electron chi connectivity index (χ3n) is 4.21. The van der Waals surface area contributed by atoms with Crippen molar-refractivity contribution < 1.29 is 9.21 Å². The highest BCUT2D eigenvalue weighted by atomic mass is 16.3. The number of carbonyl (C=O) groups excluding carboxylic acids is 1. The quantitative estimate of drug-likeness (QED) is 0.724. The van der Waals surface area contributed by atoms with Crippen molar-refractivity contribution in [2.75, 3.05) is 0 Å². The molecule has 6 heteroatoms. The van der Waals surface area contributed by atoms with E-state index in [1.165, 1.54) is 6.39 Å². The van der Waals surface area contributed by atoms with E-state index >= 15 is 0 Å². The van der Waals surface area contributed by atoms with Gasteiger partial charge in [-0.1, -0.05) is 12.1 Å². The topological polar surface area (TPSA) is 64.2 Å². The van der Waals surface area contributed by atoms with Gasteiger partial charge in [0.25, 0.3) is 5.91 Å². The monoisotopic (exact) mass is 322 g/mol. The molecule has 1 aliphatic carbocycles. The van der Waals surface area contributed by atoms with Crippen LogP contribution in [0.4, 0.5) is 0 Å². The zero-order valence-corrected chi connectivity index (χ0v) is 13.4. The van der Waals surface area contributed by atoms with E-state index in [4.69, 9.17) is 4.42 Å². The maximum Gasteiger partial charge on any atom is 0.254 e. The molecule has 1 aromatic carbocycles. The highest BCUT2D eigenvalue weighted by Gasteiger charge is 2.33. The van der Waals surface area contributed by atoms with E-state index in [1.54, 1.807) is 10.9 Å². The largest absolute Gasteiger partial charge is 0.444 e. The molecule has 0 atom stereocenters. The van der Waals surface area contributed by atoms with Crippen LogP contribution in [0.5, 0.6) is 0 Å². The number of oxazole rings is 1. The molecule has 1 saturated carbocycles. The standard InChI is InChI=1S/C18H18N4O2/c1-21-10-13(8-20-21)11-22(16-6-7-16)18(23)15-4-2-14(3-5-15)17-9-19-12-24-17/h2-5,8-10,12,16H,6-7,11H2,1H3. The van der Waals surface area contributed by atoms with Crippen LogP contribution in [0, 0.1) is 0 Å². The highest BCUT2D eigenvalue weighted by molar-refractivity contribution is 5.95. The van der Waals surface area contributed by atoms with Crippen LogP contribution in [0.3, 0.4) is 0 Å². The molecule has 0 unspecified atom stereocenters. The van der Waals surface area contributed by atoms with Gasteiger partial charge >= 0.3 is 0 Å². The van der Waals surface area contributed by atoms with Crippen molar-refractivity contribution in [3.63, 3.8) is 0 Å². The zero-order valence-electron chi connectivity index (χ0n) is 13.4. The van der Waals surface area contributed by atoms with Gasteiger partial charge < -0.3 is 9.32 Å². The fraction of sp³-hybridized carbons (Fsp3) is 0.278. The van der Waals surface area contributed by atoms with Gasteiger partial charge in [0.15, 0.2) is 12.2 Å². The molecule has 0 radical (unpaired) electrons. The lowest BCUT2D eigenvalue weighted by Gasteiger charge is -2.22. The van der Waals surface area contributed by atoms with Gasteiger partial charge in [0, 0.05) is 42.5 Å². The summed E-state index contributed by atoms with van der Waals surface area (Å²) in [7, 11) is 1.88. The minimum Gasteiger partial charge on any atom is -0.444 e. The Kier molecular flexibility index (Phi) is 3.65. The molecule has 2 aromatic heterocycles. The Labute approximate surface area is 139 Å². The average Bonchev–Trinajstić information content (AvgIpc) is 3.12. The summed E-state index contributed by atoms with van der Waals surface area (Å²) >= 11 is 0. The van der Waals surface area contributed by atoms with Crippen LogP contribution in [-0.2, 0) is 13.6 Å². The number of aryl methyl sites for hydroxylation is 1. The fourth-order valence-corrected chi connectivity index (χ4v) is 2.80. The fourth-order valence-electron chi connectivity index (χ4n) is 2.80. The summed E-state index contributed by atoms with van der Waals surface area (Å²) in [5.74, 6) is 0.758. The normalized spacial score (nSPS) is 13.9. The SMILES string of the molecule is Cn1cc(CN(C(=O)c2ccc(-c3cnco3)cc2)C2CC2)cn1. The molecule has 1 aliphatic rings. The van der Waals surface area contributed by atoms with E-state index in [2.05, 4.69) is 10.1 Å². The Bertz CT molecular complexity index is 832. The molecule has 1 amide bonds. The molecule has 0 N–H and O–H groups in total. The number of nitrogens with zero attached hydrogens (tertiary/aromatic N) is 4. The van der Waals surface area contributed by atoms with Crippen LogP contribution in [0.25, 0.3) is 11.3 Å². The summed E-state index contributed by atoms with van der Waals surface area (Å²) in [6.07, 6.45) is 8.97. The lowest BCUT2D eigenvalue weighted by molar-refractivity contribution is 0.0730. The summed E-state index contributed by atoms with van der Waals surface area (Å²) in [6, 6.07) is 7.82. The van der Waals surface area contributed by atoms with E-state index < -0.39 is 0 Å². The lowest BCUT2D eigenvalue weighted by atomic mass is 10.1. The molecule has 0 aliphatic heterocycles. The maximum atomic E-state index is 12.9. The first-order valence-corrected chi connectivity index (χ1v) is 7.98. The number of aromatic nitrogens is 3. The van der Waals surface area contributed by atoms with Crippen LogP contribution in [0.15, 0.2) is 53.7 Å². The van der Waals surface area contributed by atoms with Gasteiger partial charge in [0.1, 0.15) is 0 Å². The number of hydrogen-bond donors (Lipinski definition) is 0. The van der Waals surface area contributed by atoms with Crippen LogP contribution in [0.1, 0.15) is 28.8 Å². The summed E-state index contributed by atoms with van der Waals surface area (Å²) in [4.78, 5) is 18.8. The predicted octanol–water partition coefficient (Wildman–Crippen LogP) is 2.88. The molecular weight excluding hydrogens is 304 g/mol. The van der Waals surface area contributed by atoms with Crippen LogP contribution in [0.2, 0.25) is 0 Å². The smallest absolute Gasteiger partial charge is 0.254 e. The number of amides is 1. The summed E-state index contributed by atoms with van der Waals surface area (Å²) < 4.78 is 7.04. The Morgan fingerprint density at radius 3 is 2.67 bits per heavy atom. The third-order valence-corrected chi connectivity index (χ3v) is 4.21. The van der Waals surface area contributed by atoms with E-state index in [9.17, 15) is 4.79 Å². The molecule has 0 saturated heterocycles. The van der Waals surface area contributed by atoms with Crippen molar-refractivity contribution in [2.45, 2.75) is 25.4 Å². The van der Waals surface area contributed by atoms with Crippen molar-refractivity contribution in [1.29, 1.82) is 0 Å². The first kappa shape index (κ1) is 14.7. The zero-order chi connectivity index (χ0) is 16.5. The van der Waals surface area contributed by atoms with E-state index in [0.29, 0.717) is 23.9 Å². The molecule has 0 spiro atoms.